The number of likely N-dealkylation sites (N-methyl/N-ethyl adjacent to an activating group) is 1. The van der Waals surface area contributed by atoms with Gasteiger partial charge in [0.15, 0.2) is 0 Å². The van der Waals surface area contributed by atoms with Gasteiger partial charge in [0.2, 0.25) is 11.8 Å². The molecule has 0 radical (unpaired) electrons. The third kappa shape index (κ3) is 5.41. The largest absolute Gasteiger partial charge is 0.324 e. The summed E-state index contributed by atoms with van der Waals surface area (Å²) in [6, 6.07) is 11.4. The van der Waals surface area contributed by atoms with E-state index in [1.54, 1.807) is 18.9 Å². The summed E-state index contributed by atoms with van der Waals surface area (Å²) in [5, 5.41) is 5.92. The average molecular weight is 367 g/mol. The van der Waals surface area contributed by atoms with Crippen LogP contribution in [0.2, 0.25) is 0 Å². The van der Waals surface area contributed by atoms with E-state index in [4.69, 9.17) is 0 Å². The highest BCUT2D eigenvalue weighted by Gasteiger charge is 2.21. The van der Waals surface area contributed by atoms with Crippen molar-refractivity contribution in [2.75, 3.05) is 24.2 Å². The normalized spacial score (nSPS) is 12.0. The molecule has 0 aromatic heterocycles. The molecule has 2 rings (SSSR count). The Morgan fingerprint density at radius 3 is 2.22 bits per heavy atom. The fourth-order valence-corrected chi connectivity index (χ4v) is 2.86. The molecule has 0 spiro atoms. The van der Waals surface area contributed by atoms with Gasteiger partial charge in [0.25, 0.3) is 0 Å². The van der Waals surface area contributed by atoms with Crippen molar-refractivity contribution >= 4 is 23.2 Å². The summed E-state index contributed by atoms with van der Waals surface area (Å²) in [7, 11) is 1.78. The van der Waals surface area contributed by atoms with Crippen LogP contribution in [0.4, 0.5) is 11.4 Å². The Balaban J connectivity index is 1.98. The molecule has 2 aromatic carbocycles. The molecule has 5 nitrogen and oxygen atoms in total. The molecule has 0 saturated carbocycles. The van der Waals surface area contributed by atoms with Crippen molar-refractivity contribution in [3.63, 3.8) is 0 Å². The summed E-state index contributed by atoms with van der Waals surface area (Å²) in [6.07, 6.45) is 0. The van der Waals surface area contributed by atoms with Gasteiger partial charge in [-0.05, 0) is 70.0 Å². The molecule has 0 fully saturated rings. The molecule has 0 aliphatic carbocycles. The van der Waals surface area contributed by atoms with Gasteiger partial charge in [0.1, 0.15) is 0 Å². The van der Waals surface area contributed by atoms with Crippen molar-refractivity contribution in [2.24, 2.45) is 0 Å². The number of anilines is 2. The van der Waals surface area contributed by atoms with Crippen LogP contribution in [0, 0.1) is 27.7 Å². The van der Waals surface area contributed by atoms with Crippen LogP contribution in [-0.2, 0) is 9.59 Å². The second kappa shape index (κ2) is 8.82. The van der Waals surface area contributed by atoms with Crippen molar-refractivity contribution in [2.45, 2.75) is 40.7 Å². The first-order chi connectivity index (χ1) is 12.7. The maximum Gasteiger partial charge on any atom is 0.241 e. The monoisotopic (exact) mass is 367 g/mol. The molecule has 5 heteroatoms. The molecule has 0 saturated heterocycles. The van der Waals surface area contributed by atoms with E-state index in [0.717, 1.165) is 33.6 Å². The van der Waals surface area contributed by atoms with Gasteiger partial charge in [-0.25, -0.2) is 0 Å². The number of carbonyl (C=O) groups is 2. The van der Waals surface area contributed by atoms with Crippen LogP contribution < -0.4 is 10.6 Å². The van der Waals surface area contributed by atoms with E-state index in [0.29, 0.717) is 0 Å². The van der Waals surface area contributed by atoms with Crippen LogP contribution in [-0.4, -0.2) is 36.3 Å². The van der Waals surface area contributed by atoms with Crippen LogP contribution in [0.1, 0.15) is 29.2 Å². The maximum atomic E-state index is 12.6. The molecule has 144 valence electrons. The van der Waals surface area contributed by atoms with E-state index >= 15 is 0 Å². The smallest absolute Gasteiger partial charge is 0.241 e. The minimum atomic E-state index is -0.436. The van der Waals surface area contributed by atoms with Crippen molar-refractivity contribution in [3.8, 4) is 0 Å². The second-order valence-corrected chi connectivity index (χ2v) is 7.21. The van der Waals surface area contributed by atoms with Crippen LogP contribution >= 0.6 is 0 Å². The molecule has 1 atom stereocenters. The highest BCUT2D eigenvalue weighted by atomic mass is 16.2. The molecule has 1 unspecified atom stereocenters. The SMILES string of the molecule is Cc1ccc(C)c(NC(=O)C(C)N(C)CC(=O)Nc2c(C)cccc2C)c1. The molecule has 2 amide bonds. The Morgan fingerprint density at radius 2 is 1.59 bits per heavy atom. The fraction of sp³-hybridized carbons (Fsp3) is 0.364. The summed E-state index contributed by atoms with van der Waals surface area (Å²) >= 11 is 0. The number of rotatable bonds is 6. The first-order valence-electron chi connectivity index (χ1n) is 9.13. The van der Waals surface area contributed by atoms with E-state index in [1.807, 2.05) is 64.1 Å². The van der Waals surface area contributed by atoms with Crippen molar-refractivity contribution in [3.05, 3.63) is 58.7 Å². The first-order valence-corrected chi connectivity index (χ1v) is 9.13. The van der Waals surface area contributed by atoms with Crippen molar-refractivity contribution in [1.29, 1.82) is 0 Å². The van der Waals surface area contributed by atoms with Gasteiger partial charge in [-0.3, -0.25) is 14.5 Å². The second-order valence-electron chi connectivity index (χ2n) is 7.21. The van der Waals surface area contributed by atoms with Gasteiger partial charge in [-0.2, -0.15) is 0 Å². The number of aryl methyl sites for hydroxylation is 4. The molecule has 0 bridgehead atoms. The zero-order valence-corrected chi connectivity index (χ0v) is 17.0. The Morgan fingerprint density at radius 1 is 0.963 bits per heavy atom. The molecule has 2 N–H and O–H groups in total. The molecule has 2 aromatic rings. The minimum absolute atomic E-state index is 0.133. The average Bonchev–Trinajstić information content (AvgIpc) is 2.60. The van der Waals surface area contributed by atoms with E-state index in [2.05, 4.69) is 10.6 Å². The number of nitrogens with zero attached hydrogens (tertiary/aromatic N) is 1. The zero-order chi connectivity index (χ0) is 20.1. The molecule has 0 aliphatic rings. The lowest BCUT2D eigenvalue weighted by Crippen LogP contribution is -2.43. The summed E-state index contributed by atoms with van der Waals surface area (Å²) in [5.41, 5.74) is 5.78. The summed E-state index contributed by atoms with van der Waals surface area (Å²) in [5.74, 6) is -0.271. The molecular formula is C22H29N3O2. The van der Waals surface area contributed by atoms with E-state index in [9.17, 15) is 9.59 Å². The van der Waals surface area contributed by atoms with Gasteiger partial charge < -0.3 is 10.6 Å². The fourth-order valence-electron chi connectivity index (χ4n) is 2.86. The Hall–Kier alpha value is -2.66. The Bertz CT molecular complexity index is 825. The predicted molar refractivity (Wildman–Crippen MR) is 111 cm³/mol. The Labute approximate surface area is 161 Å². The molecule has 0 aliphatic heterocycles. The number of hydrogen-bond acceptors (Lipinski definition) is 3. The number of para-hydroxylation sites is 1. The number of benzene rings is 2. The topological polar surface area (TPSA) is 61.4 Å². The highest BCUT2D eigenvalue weighted by Crippen LogP contribution is 2.20. The highest BCUT2D eigenvalue weighted by molar-refractivity contribution is 5.97. The number of amides is 2. The number of carbonyl (C=O) groups excluding carboxylic acids is 2. The van der Waals surface area contributed by atoms with Crippen LogP contribution in [0.5, 0.6) is 0 Å². The third-order valence-electron chi connectivity index (χ3n) is 4.83. The van der Waals surface area contributed by atoms with Crippen molar-refractivity contribution < 1.29 is 9.59 Å². The van der Waals surface area contributed by atoms with Gasteiger partial charge in [0.05, 0.1) is 12.6 Å². The van der Waals surface area contributed by atoms with E-state index in [1.165, 1.54) is 0 Å². The van der Waals surface area contributed by atoms with Crippen LogP contribution in [0.3, 0.4) is 0 Å². The minimum Gasteiger partial charge on any atom is -0.324 e. The first kappa shape index (κ1) is 20.6. The standard InChI is InChI=1S/C22H29N3O2/c1-14-10-11-15(2)19(12-14)23-22(27)18(5)25(6)13-20(26)24-21-16(3)8-7-9-17(21)4/h7-12,18H,13H2,1-6H3,(H,23,27)(H,24,26). The zero-order valence-electron chi connectivity index (χ0n) is 17.0. The molecule has 0 heterocycles. The van der Waals surface area contributed by atoms with Gasteiger partial charge in [0, 0.05) is 11.4 Å². The lowest BCUT2D eigenvalue weighted by molar-refractivity contribution is -0.122. The van der Waals surface area contributed by atoms with Gasteiger partial charge in [-0.1, -0.05) is 30.3 Å². The van der Waals surface area contributed by atoms with E-state index in [-0.39, 0.29) is 18.4 Å². The van der Waals surface area contributed by atoms with E-state index < -0.39 is 6.04 Å². The summed E-state index contributed by atoms with van der Waals surface area (Å²) in [6.45, 7) is 9.81. The number of nitrogens with one attached hydrogen (secondary N) is 2. The summed E-state index contributed by atoms with van der Waals surface area (Å²) < 4.78 is 0. The van der Waals surface area contributed by atoms with Gasteiger partial charge in [-0.15, -0.1) is 0 Å². The molecular weight excluding hydrogens is 338 g/mol. The van der Waals surface area contributed by atoms with Crippen molar-refractivity contribution in [1.82, 2.24) is 4.90 Å². The quantitative estimate of drug-likeness (QED) is 0.816. The van der Waals surface area contributed by atoms with Crippen LogP contribution in [0.25, 0.3) is 0 Å². The molecule has 27 heavy (non-hydrogen) atoms. The lowest BCUT2D eigenvalue weighted by Gasteiger charge is -2.24. The van der Waals surface area contributed by atoms with Crippen LogP contribution in [0.15, 0.2) is 36.4 Å². The lowest BCUT2D eigenvalue weighted by atomic mass is 10.1. The number of hydrogen-bond donors (Lipinski definition) is 2. The summed E-state index contributed by atoms with van der Waals surface area (Å²) in [4.78, 5) is 26.7. The maximum absolute atomic E-state index is 12.6. The Kier molecular flexibility index (Phi) is 6.75. The van der Waals surface area contributed by atoms with Gasteiger partial charge >= 0.3 is 0 Å². The predicted octanol–water partition coefficient (Wildman–Crippen LogP) is 3.82. The third-order valence-corrected chi connectivity index (χ3v) is 4.83.